The minimum Gasteiger partial charge on any atom is -0.385 e. The van der Waals surface area contributed by atoms with E-state index in [4.69, 9.17) is 16.4 Å². The molecule has 9 heteroatoms. The van der Waals surface area contributed by atoms with Crippen LogP contribution in [0.4, 0.5) is 14.5 Å². The second-order valence-electron chi connectivity index (χ2n) is 4.58. The Kier molecular flexibility index (Phi) is 4.07. The maximum absolute atomic E-state index is 13.0. The highest BCUT2D eigenvalue weighted by Crippen LogP contribution is 2.16. The molecule has 2 aromatic carbocycles. The van der Waals surface area contributed by atoms with Crippen LogP contribution in [0.15, 0.2) is 36.4 Å². The minimum absolute atomic E-state index is 0.0115. The molecule has 1 aromatic heterocycles. The number of hydrogen-bond donors (Lipinski definition) is 1. The van der Waals surface area contributed by atoms with Crippen LogP contribution < -0.4 is 10.2 Å². The van der Waals surface area contributed by atoms with E-state index in [0.29, 0.717) is 22.1 Å². The molecule has 0 aliphatic rings. The van der Waals surface area contributed by atoms with Gasteiger partial charge in [0.25, 0.3) is 5.91 Å². The van der Waals surface area contributed by atoms with E-state index in [1.807, 2.05) is 0 Å². The van der Waals surface area contributed by atoms with Crippen molar-refractivity contribution in [2.45, 2.75) is 0 Å². The minimum atomic E-state index is -0.793. The van der Waals surface area contributed by atoms with Gasteiger partial charge in [0.05, 0.1) is 0 Å². The van der Waals surface area contributed by atoms with Crippen LogP contribution in [0.2, 0.25) is 5.02 Å². The van der Waals surface area contributed by atoms with Crippen molar-refractivity contribution in [3.05, 3.63) is 53.1 Å². The zero-order valence-corrected chi connectivity index (χ0v) is 12.2. The largest absolute Gasteiger partial charge is 0.385 e. The van der Waals surface area contributed by atoms with Crippen LogP contribution >= 0.6 is 11.6 Å². The van der Waals surface area contributed by atoms with Gasteiger partial charge in [-0.2, -0.15) is 0 Å². The summed E-state index contributed by atoms with van der Waals surface area (Å²) in [6.07, 6.45) is 0. The summed E-state index contributed by atoms with van der Waals surface area (Å²) in [7, 11) is 0. The van der Waals surface area contributed by atoms with E-state index in [9.17, 15) is 13.6 Å². The summed E-state index contributed by atoms with van der Waals surface area (Å²) in [5.41, 5.74) is 1.02. The van der Waals surface area contributed by atoms with Crippen molar-refractivity contribution < 1.29 is 18.4 Å². The highest BCUT2D eigenvalue weighted by molar-refractivity contribution is 6.31. The van der Waals surface area contributed by atoms with E-state index < -0.39 is 24.1 Å². The van der Waals surface area contributed by atoms with Crippen molar-refractivity contribution in [1.82, 2.24) is 15.2 Å². The molecule has 0 spiro atoms. The van der Waals surface area contributed by atoms with Crippen LogP contribution in [-0.2, 0) is 4.79 Å². The van der Waals surface area contributed by atoms with E-state index in [2.05, 4.69) is 15.6 Å². The predicted molar refractivity (Wildman–Crippen MR) is 79.0 cm³/mol. The van der Waals surface area contributed by atoms with Gasteiger partial charge in [-0.05, 0) is 35.5 Å². The molecule has 6 nitrogen and oxygen atoms in total. The molecule has 0 aliphatic heterocycles. The average molecular weight is 339 g/mol. The lowest BCUT2D eigenvalue weighted by atomic mass is 10.3. The number of anilines is 1. The van der Waals surface area contributed by atoms with Crippen molar-refractivity contribution in [3.8, 4) is 0 Å². The Morgan fingerprint density at radius 2 is 1.96 bits per heavy atom. The topological polar surface area (TPSA) is 69.0 Å². The number of hydrogen-bond acceptors (Lipinski definition) is 4. The molecule has 1 amide bonds. The third-order valence-corrected chi connectivity index (χ3v) is 3.08. The highest BCUT2D eigenvalue weighted by atomic mass is 35.5. The van der Waals surface area contributed by atoms with Crippen LogP contribution in [0.1, 0.15) is 0 Å². The van der Waals surface area contributed by atoms with Gasteiger partial charge >= 0.3 is 0 Å². The van der Waals surface area contributed by atoms with Gasteiger partial charge < -0.3 is 10.2 Å². The summed E-state index contributed by atoms with van der Waals surface area (Å²) in [5.74, 6) is -2.20. The van der Waals surface area contributed by atoms with E-state index in [1.165, 1.54) is 0 Å². The third-order valence-electron chi connectivity index (χ3n) is 2.84. The monoisotopic (exact) mass is 338 g/mol. The van der Waals surface area contributed by atoms with Crippen LogP contribution in [-0.4, -0.2) is 27.7 Å². The van der Waals surface area contributed by atoms with Crippen LogP contribution in [0.5, 0.6) is 0 Å². The number of nitrogens with one attached hydrogen (secondary N) is 1. The standard InChI is InChI=1S/C14H9ClF2N4O2/c15-8-1-2-12-13(3-8)21(20-19-12)23-7-14(22)18-11-5-9(16)4-10(17)6-11/h1-6H,7H2,(H,18,22). The zero-order chi connectivity index (χ0) is 16.4. The quantitative estimate of drug-likeness (QED) is 0.793. The summed E-state index contributed by atoms with van der Waals surface area (Å²) in [4.78, 5) is 18.0. The summed E-state index contributed by atoms with van der Waals surface area (Å²) in [5, 5.41) is 10.3. The predicted octanol–water partition coefficient (Wildman–Crippen LogP) is 2.43. The van der Waals surface area contributed by atoms with Crippen LogP contribution in [0.25, 0.3) is 11.0 Å². The zero-order valence-electron chi connectivity index (χ0n) is 11.5. The van der Waals surface area contributed by atoms with Gasteiger partial charge in [0, 0.05) is 16.8 Å². The molecule has 1 heterocycles. The lowest BCUT2D eigenvalue weighted by molar-refractivity contribution is -0.121. The molecule has 0 fully saturated rings. The molecular weight excluding hydrogens is 330 g/mol. The SMILES string of the molecule is O=C(COn1nnc2ccc(Cl)cc21)Nc1cc(F)cc(F)c1. The van der Waals surface area contributed by atoms with Crippen molar-refractivity contribution in [2.24, 2.45) is 0 Å². The van der Waals surface area contributed by atoms with Gasteiger partial charge in [0.2, 0.25) is 0 Å². The Balaban J connectivity index is 1.67. The molecule has 0 bridgehead atoms. The molecule has 3 rings (SSSR count). The van der Waals surface area contributed by atoms with Gasteiger partial charge in [0.15, 0.2) is 6.61 Å². The van der Waals surface area contributed by atoms with Crippen LogP contribution in [0.3, 0.4) is 0 Å². The molecule has 0 saturated heterocycles. The average Bonchev–Trinajstić information content (AvgIpc) is 2.86. The first kappa shape index (κ1) is 15.2. The summed E-state index contributed by atoms with van der Waals surface area (Å²) < 4.78 is 26.1. The molecular formula is C14H9ClF2N4O2. The molecule has 0 atom stereocenters. The Hall–Kier alpha value is -2.74. The summed E-state index contributed by atoms with van der Waals surface area (Å²) >= 11 is 5.87. The van der Waals surface area contributed by atoms with Crippen molar-refractivity contribution in [3.63, 3.8) is 0 Å². The summed E-state index contributed by atoms with van der Waals surface area (Å²) in [6, 6.07) is 7.57. The van der Waals surface area contributed by atoms with Gasteiger partial charge in [-0.3, -0.25) is 4.79 Å². The van der Waals surface area contributed by atoms with Crippen molar-refractivity contribution in [1.29, 1.82) is 0 Å². The summed E-state index contributed by atoms with van der Waals surface area (Å²) in [6.45, 7) is -0.427. The number of fused-ring (bicyclic) bond motifs is 1. The second-order valence-corrected chi connectivity index (χ2v) is 5.01. The van der Waals surface area contributed by atoms with Gasteiger partial charge in [-0.25, -0.2) is 8.78 Å². The number of benzene rings is 2. The maximum Gasteiger partial charge on any atom is 0.265 e. The van der Waals surface area contributed by atoms with Crippen molar-refractivity contribution >= 4 is 34.2 Å². The first-order chi connectivity index (χ1) is 11.0. The Morgan fingerprint density at radius 3 is 2.70 bits per heavy atom. The van der Waals surface area contributed by atoms with E-state index in [-0.39, 0.29) is 5.69 Å². The fourth-order valence-electron chi connectivity index (χ4n) is 1.91. The van der Waals surface area contributed by atoms with Gasteiger partial charge in [-0.15, -0.1) is 5.10 Å². The number of carbonyl (C=O) groups is 1. The molecule has 0 aliphatic carbocycles. The molecule has 1 N–H and O–H groups in total. The first-order valence-electron chi connectivity index (χ1n) is 6.41. The van der Waals surface area contributed by atoms with Gasteiger partial charge in [0.1, 0.15) is 22.7 Å². The fraction of sp³-hybridized carbons (Fsp3) is 0.0714. The number of carbonyl (C=O) groups excluding carboxylic acids is 1. The Labute approximate surface area is 133 Å². The number of aromatic nitrogens is 3. The number of rotatable bonds is 4. The lowest BCUT2D eigenvalue weighted by Crippen LogP contribution is -2.26. The smallest absolute Gasteiger partial charge is 0.265 e. The molecule has 0 saturated carbocycles. The first-order valence-corrected chi connectivity index (χ1v) is 6.79. The molecule has 3 aromatic rings. The maximum atomic E-state index is 13.0. The molecule has 118 valence electrons. The normalized spacial score (nSPS) is 10.7. The van der Waals surface area contributed by atoms with E-state index >= 15 is 0 Å². The lowest BCUT2D eigenvalue weighted by Gasteiger charge is -2.07. The molecule has 23 heavy (non-hydrogen) atoms. The van der Waals surface area contributed by atoms with Gasteiger partial charge in [-0.1, -0.05) is 16.4 Å². The Bertz CT molecular complexity index is 864. The second kappa shape index (κ2) is 6.17. The van der Waals surface area contributed by atoms with E-state index in [0.717, 1.165) is 17.0 Å². The Morgan fingerprint density at radius 1 is 1.22 bits per heavy atom. The number of amides is 1. The fourth-order valence-corrected chi connectivity index (χ4v) is 2.08. The highest BCUT2D eigenvalue weighted by Gasteiger charge is 2.10. The molecule has 0 radical (unpaired) electrons. The number of halogens is 3. The molecule has 0 unspecified atom stereocenters. The van der Waals surface area contributed by atoms with Crippen molar-refractivity contribution in [2.75, 3.05) is 11.9 Å². The van der Waals surface area contributed by atoms with Crippen LogP contribution in [0, 0.1) is 11.6 Å². The third kappa shape index (κ3) is 3.54. The number of nitrogens with zero attached hydrogens (tertiary/aromatic N) is 3. The van der Waals surface area contributed by atoms with E-state index in [1.54, 1.807) is 18.2 Å².